The molecule has 228 valence electrons. The van der Waals surface area contributed by atoms with Crippen LogP contribution in [0.15, 0.2) is 130 Å². The maximum atomic E-state index is 13.3. The molecule has 0 fully saturated rings. The van der Waals surface area contributed by atoms with Gasteiger partial charge < -0.3 is 17.8 Å². The number of rotatable bonds is 10. The minimum Gasteiger partial charge on any atom is -0.497 e. The molecule has 6 rings (SSSR count). The van der Waals surface area contributed by atoms with Gasteiger partial charge in [0.25, 0.3) is 0 Å². The SMILES string of the molecule is COc1cccc(OS(=O)(=O)c2ccc3c(c2)C(=NNc2ccccc2)c2cc(S(=O)(=O)Oc4cccc(OC)c4)ccc2-3)c1. The number of fused-ring (bicyclic) bond motifs is 3. The average molecular weight is 643 g/mol. The molecule has 0 aromatic heterocycles. The van der Waals surface area contributed by atoms with Crippen molar-refractivity contribution in [2.45, 2.75) is 9.79 Å². The monoisotopic (exact) mass is 642 g/mol. The topological polar surface area (TPSA) is 130 Å². The van der Waals surface area contributed by atoms with Crippen molar-refractivity contribution in [3.05, 3.63) is 126 Å². The first-order valence-electron chi connectivity index (χ1n) is 13.5. The van der Waals surface area contributed by atoms with Gasteiger partial charge in [-0.15, -0.1) is 0 Å². The Balaban J connectivity index is 1.40. The Morgan fingerprint density at radius 2 is 0.978 bits per heavy atom. The Morgan fingerprint density at radius 3 is 1.44 bits per heavy atom. The highest BCUT2D eigenvalue weighted by atomic mass is 32.2. The van der Waals surface area contributed by atoms with Crippen molar-refractivity contribution in [3.63, 3.8) is 0 Å². The Kier molecular flexibility index (Phi) is 7.92. The Morgan fingerprint density at radius 1 is 0.511 bits per heavy atom. The van der Waals surface area contributed by atoms with Gasteiger partial charge in [0.05, 0.1) is 25.6 Å². The highest BCUT2D eigenvalue weighted by Crippen LogP contribution is 2.40. The molecule has 0 spiro atoms. The van der Waals surface area contributed by atoms with Crippen molar-refractivity contribution in [3.8, 4) is 34.1 Å². The summed E-state index contributed by atoms with van der Waals surface area (Å²) in [5.41, 5.74) is 6.26. The summed E-state index contributed by atoms with van der Waals surface area (Å²) in [6, 6.07) is 30.7. The molecule has 0 unspecified atom stereocenters. The van der Waals surface area contributed by atoms with Gasteiger partial charge in [0.15, 0.2) is 0 Å². The van der Waals surface area contributed by atoms with E-state index in [1.165, 1.54) is 62.8 Å². The van der Waals surface area contributed by atoms with E-state index in [9.17, 15) is 16.8 Å². The fourth-order valence-corrected chi connectivity index (χ4v) is 6.67. The van der Waals surface area contributed by atoms with Gasteiger partial charge in [-0.05, 0) is 71.8 Å². The molecule has 0 heterocycles. The molecule has 0 saturated carbocycles. The van der Waals surface area contributed by atoms with E-state index in [4.69, 9.17) is 17.8 Å². The van der Waals surface area contributed by atoms with Crippen LogP contribution >= 0.6 is 0 Å². The summed E-state index contributed by atoms with van der Waals surface area (Å²) in [5, 5.41) is 4.60. The number of nitrogens with one attached hydrogen (secondary N) is 1. The maximum Gasteiger partial charge on any atom is 0.339 e. The first-order chi connectivity index (χ1) is 21.7. The number of hydrogen-bond acceptors (Lipinski definition) is 10. The highest BCUT2D eigenvalue weighted by molar-refractivity contribution is 7.87. The van der Waals surface area contributed by atoms with Crippen molar-refractivity contribution in [2.75, 3.05) is 19.6 Å². The van der Waals surface area contributed by atoms with E-state index in [1.807, 2.05) is 30.3 Å². The smallest absolute Gasteiger partial charge is 0.339 e. The van der Waals surface area contributed by atoms with Crippen LogP contribution in [0.1, 0.15) is 11.1 Å². The molecule has 0 bridgehead atoms. The zero-order chi connectivity index (χ0) is 31.6. The van der Waals surface area contributed by atoms with Crippen molar-refractivity contribution in [1.82, 2.24) is 0 Å². The van der Waals surface area contributed by atoms with Crippen LogP contribution < -0.4 is 23.3 Å². The molecule has 0 radical (unpaired) electrons. The number of para-hydroxylation sites is 1. The molecule has 5 aromatic rings. The van der Waals surface area contributed by atoms with Crippen LogP contribution in [0.25, 0.3) is 11.1 Å². The number of nitrogens with zero attached hydrogens (tertiary/aromatic N) is 1. The van der Waals surface area contributed by atoms with Gasteiger partial charge in [-0.3, -0.25) is 5.43 Å². The van der Waals surface area contributed by atoms with E-state index in [0.29, 0.717) is 45.2 Å². The van der Waals surface area contributed by atoms with Crippen LogP contribution in [0, 0.1) is 0 Å². The van der Waals surface area contributed by atoms with Gasteiger partial charge in [-0.1, -0.05) is 42.5 Å². The van der Waals surface area contributed by atoms with Crippen LogP contribution in [-0.2, 0) is 20.2 Å². The molecule has 1 aliphatic rings. The zero-order valence-electron chi connectivity index (χ0n) is 24.0. The lowest BCUT2D eigenvalue weighted by Gasteiger charge is -2.10. The molecule has 10 nitrogen and oxygen atoms in total. The second kappa shape index (κ2) is 12.0. The second-order valence-electron chi connectivity index (χ2n) is 9.79. The fraction of sp³-hybridized carbons (Fsp3) is 0.0606. The van der Waals surface area contributed by atoms with Crippen LogP contribution in [0.2, 0.25) is 0 Å². The van der Waals surface area contributed by atoms with E-state index in [1.54, 1.807) is 36.4 Å². The molecule has 45 heavy (non-hydrogen) atoms. The molecule has 0 atom stereocenters. The summed E-state index contributed by atoms with van der Waals surface area (Å²) >= 11 is 0. The number of benzene rings is 5. The Bertz CT molecular complexity index is 2020. The third-order valence-corrected chi connectivity index (χ3v) is 9.41. The number of hydrazone groups is 1. The molecule has 0 amide bonds. The van der Waals surface area contributed by atoms with E-state index >= 15 is 0 Å². The van der Waals surface area contributed by atoms with Gasteiger partial charge in [0.2, 0.25) is 0 Å². The Hall–Kier alpha value is -5.33. The van der Waals surface area contributed by atoms with Crippen LogP contribution in [0.3, 0.4) is 0 Å². The lowest BCUT2D eigenvalue weighted by atomic mass is 10.1. The second-order valence-corrected chi connectivity index (χ2v) is 12.9. The normalized spacial score (nSPS) is 12.1. The number of methoxy groups -OCH3 is 2. The van der Waals surface area contributed by atoms with Crippen molar-refractivity contribution >= 4 is 31.6 Å². The molecule has 0 saturated heterocycles. The standard InChI is InChI=1S/C33H26N2O8S2/c1-40-23-10-6-12-25(18-23)42-44(36,37)27-14-16-29-30-17-15-28(45(38,39)43-26-13-7-11-24(19-26)41-2)21-32(30)33(31(29)20-27)35-34-22-8-4-3-5-9-22/h3-21,34H,1-2H3. The van der Waals surface area contributed by atoms with Crippen molar-refractivity contribution < 1.29 is 34.7 Å². The fourth-order valence-electron chi connectivity index (χ4n) is 4.77. The number of anilines is 1. The minimum atomic E-state index is -4.27. The lowest BCUT2D eigenvalue weighted by Crippen LogP contribution is -2.12. The summed E-state index contributed by atoms with van der Waals surface area (Å²) in [5.74, 6) is 1.05. The largest absolute Gasteiger partial charge is 0.497 e. The van der Waals surface area contributed by atoms with Gasteiger partial charge in [0.1, 0.15) is 32.8 Å². The van der Waals surface area contributed by atoms with Gasteiger partial charge in [-0.2, -0.15) is 21.9 Å². The summed E-state index contributed by atoms with van der Waals surface area (Å²) in [6.45, 7) is 0. The first-order valence-corrected chi connectivity index (χ1v) is 16.3. The van der Waals surface area contributed by atoms with Gasteiger partial charge in [0, 0.05) is 23.3 Å². The third kappa shape index (κ3) is 6.19. The summed E-state index contributed by atoms with van der Waals surface area (Å²) < 4.78 is 74.5. The maximum absolute atomic E-state index is 13.3. The molecule has 1 N–H and O–H groups in total. The first kappa shape index (κ1) is 29.7. The summed E-state index contributed by atoms with van der Waals surface area (Å²) in [4.78, 5) is -0.225. The van der Waals surface area contributed by atoms with Crippen LogP contribution in [0.4, 0.5) is 5.69 Å². The molecule has 0 aliphatic heterocycles. The van der Waals surface area contributed by atoms with Gasteiger partial charge >= 0.3 is 20.2 Å². The predicted molar refractivity (Wildman–Crippen MR) is 169 cm³/mol. The molecule has 1 aliphatic carbocycles. The van der Waals surface area contributed by atoms with E-state index in [-0.39, 0.29) is 21.3 Å². The molecular weight excluding hydrogens is 617 g/mol. The summed E-state index contributed by atoms with van der Waals surface area (Å²) in [7, 11) is -5.59. The quantitative estimate of drug-likeness (QED) is 0.140. The van der Waals surface area contributed by atoms with Crippen molar-refractivity contribution in [2.24, 2.45) is 5.10 Å². The summed E-state index contributed by atoms with van der Waals surface area (Å²) in [6.07, 6.45) is 0. The molecular formula is C33H26N2O8S2. The number of hydrogen-bond donors (Lipinski definition) is 1. The highest BCUT2D eigenvalue weighted by Gasteiger charge is 2.30. The van der Waals surface area contributed by atoms with Gasteiger partial charge in [-0.25, -0.2) is 0 Å². The third-order valence-electron chi connectivity index (χ3n) is 6.92. The van der Waals surface area contributed by atoms with Crippen LogP contribution in [-0.4, -0.2) is 36.8 Å². The lowest BCUT2D eigenvalue weighted by molar-refractivity contribution is 0.411. The average Bonchev–Trinajstić information content (AvgIpc) is 3.36. The number of ether oxygens (including phenoxy) is 2. The van der Waals surface area contributed by atoms with E-state index in [2.05, 4.69) is 10.5 Å². The predicted octanol–water partition coefficient (Wildman–Crippen LogP) is 6.08. The van der Waals surface area contributed by atoms with Crippen LogP contribution in [0.5, 0.6) is 23.0 Å². The van der Waals surface area contributed by atoms with E-state index < -0.39 is 20.2 Å². The van der Waals surface area contributed by atoms with E-state index in [0.717, 1.165) is 0 Å². The zero-order valence-corrected chi connectivity index (χ0v) is 25.6. The molecule has 5 aromatic carbocycles. The van der Waals surface area contributed by atoms with Crippen molar-refractivity contribution in [1.29, 1.82) is 0 Å². The minimum absolute atomic E-state index is 0.0867. The molecule has 12 heteroatoms. The Labute approximate surface area is 260 Å².